The molecule has 0 spiro atoms. The fraction of sp³-hybridized carbons (Fsp3) is 0.538. The first-order valence-corrected chi connectivity index (χ1v) is 7.18. The molecule has 3 heterocycles. The van der Waals surface area contributed by atoms with E-state index in [4.69, 9.17) is 16.3 Å². The molecule has 20 heavy (non-hydrogen) atoms. The van der Waals surface area contributed by atoms with Crippen molar-refractivity contribution in [3.8, 4) is 5.88 Å². The van der Waals surface area contributed by atoms with Gasteiger partial charge in [0.1, 0.15) is 11.3 Å². The number of pyridine rings is 1. The summed E-state index contributed by atoms with van der Waals surface area (Å²) in [5.74, 6) is 1.78. The molecule has 1 aliphatic rings. The predicted molar refractivity (Wildman–Crippen MR) is 79.1 cm³/mol. The van der Waals surface area contributed by atoms with Crippen LogP contribution in [-0.2, 0) is 5.88 Å². The average molecular weight is 296 g/mol. The summed E-state index contributed by atoms with van der Waals surface area (Å²) in [5.41, 5.74) is 1.66. The molecule has 0 bridgehead atoms. The first-order valence-electron chi connectivity index (χ1n) is 6.65. The van der Waals surface area contributed by atoms with E-state index >= 15 is 0 Å². The van der Waals surface area contributed by atoms with Gasteiger partial charge in [-0.25, -0.2) is 9.66 Å². The number of likely N-dealkylation sites (N-methyl/N-ethyl adjacent to an activating group) is 1. The van der Waals surface area contributed by atoms with Crippen molar-refractivity contribution < 1.29 is 4.74 Å². The van der Waals surface area contributed by atoms with Gasteiger partial charge >= 0.3 is 0 Å². The molecule has 1 fully saturated rings. The Balaban J connectivity index is 2.06. The molecule has 1 aliphatic heterocycles. The fourth-order valence-electron chi connectivity index (χ4n) is 2.47. The number of hydrogen-bond acceptors (Lipinski definition) is 5. The summed E-state index contributed by atoms with van der Waals surface area (Å²) in [7, 11) is 3.75. The van der Waals surface area contributed by atoms with Crippen molar-refractivity contribution in [2.24, 2.45) is 0 Å². The van der Waals surface area contributed by atoms with Crippen molar-refractivity contribution in [3.63, 3.8) is 0 Å². The van der Waals surface area contributed by atoms with Crippen LogP contribution >= 0.6 is 11.6 Å². The van der Waals surface area contributed by atoms with E-state index in [9.17, 15) is 0 Å². The zero-order chi connectivity index (χ0) is 14.1. The number of halogens is 1. The third-order valence-corrected chi connectivity index (χ3v) is 3.85. The van der Waals surface area contributed by atoms with Gasteiger partial charge in [-0.05, 0) is 13.1 Å². The van der Waals surface area contributed by atoms with E-state index < -0.39 is 0 Å². The van der Waals surface area contributed by atoms with Crippen LogP contribution in [0.1, 0.15) is 5.82 Å². The molecule has 2 aromatic heterocycles. The number of methoxy groups -OCH3 is 1. The Morgan fingerprint density at radius 1 is 1.20 bits per heavy atom. The molecule has 2 aromatic rings. The summed E-state index contributed by atoms with van der Waals surface area (Å²) in [4.78, 5) is 11.4. The van der Waals surface area contributed by atoms with E-state index in [0.29, 0.717) is 11.8 Å². The minimum absolute atomic E-state index is 0.366. The highest BCUT2D eigenvalue weighted by Crippen LogP contribution is 2.20. The van der Waals surface area contributed by atoms with Crippen molar-refractivity contribution in [1.29, 1.82) is 0 Å². The van der Waals surface area contributed by atoms with Gasteiger partial charge in [0.25, 0.3) is 0 Å². The molecule has 1 saturated heterocycles. The summed E-state index contributed by atoms with van der Waals surface area (Å²) in [5, 5.41) is 2.25. The van der Waals surface area contributed by atoms with Gasteiger partial charge in [-0.1, -0.05) is 0 Å². The van der Waals surface area contributed by atoms with Crippen LogP contribution in [0.3, 0.4) is 0 Å². The van der Waals surface area contributed by atoms with E-state index in [0.717, 1.165) is 43.2 Å². The zero-order valence-electron chi connectivity index (χ0n) is 11.7. The molecule has 0 unspecified atom stereocenters. The van der Waals surface area contributed by atoms with Crippen molar-refractivity contribution in [2.45, 2.75) is 5.88 Å². The molecule has 3 rings (SSSR count). The van der Waals surface area contributed by atoms with Crippen LogP contribution in [0.4, 0.5) is 0 Å². The van der Waals surface area contributed by atoms with Crippen LogP contribution < -0.4 is 9.75 Å². The Labute approximate surface area is 122 Å². The minimum Gasteiger partial charge on any atom is -0.481 e. The number of hydrogen-bond donors (Lipinski definition) is 0. The van der Waals surface area contributed by atoms with Gasteiger partial charge in [0.2, 0.25) is 5.88 Å². The maximum atomic E-state index is 6.05. The van der Waals surface area contributed by atoms with Crippen LogP contribution in [0.25, 0.3) is 11.2 Å². The third-order valence-electron chi connectivity index (χ3n) is 3.61. The lowest BCUT2D eigenvalue weighted by Crippen LogP contribution is -2.50. The topological polar surface area (TPSA) is 46.4 Å². The predicted octanol–water partition coefficient (Wildman–Crippen LogP) is 1.06. The standard InChI is InChI=1S/C13H18ClN5O/c1-17-5-7-18(8-6-17)19-11(9-14)15-10-3-4-12(20-2)16-13(10)19/h3-4H,5-9H2,1-2H3. The lowest BCUT2D eigenvalue weighted by Gasteiger charge is -2.35. The third kappa shape index (κ3) is 2.29. The van der Waals surface area contributed by atoms with Crippen LogP contribution in [0, 0.1) is 0 Å². The van der Waals surface area contributed by atoms with Gasteiger partial charge in [0, 0.05) is 32.2 Å². The summed E-state index contributed by atoms with van der Waals surface area (Å²) in [6.07, 6.45) is 0. The van der Waals surface area contributed by atoms with E-state index in [1.54, 1.807) is 7.11 Å². The number of piperazine rings is 1. The van der Waals surface area contributed by atoms with Crippen molar-refractivity contribution in [1.82, 2.24) is 19.5 Å². The number of aromatic nitrogens is 3. The lowest BCUT2D eigenvalue weighted by molar-refractivity contribution is 0.287. The fourth-order valence-corrected chi connectivity index (χ4v) is 2.64. The van der Waals surface area contributed by atoms with Crippen molar-refractivity contribution in [3.05, 3.63) is 18.0 Å². The van der Waals surface area contributed by atoms with E-state index in [1.807, 2.05) is 16.8 Å². The monoisotopic (exact) mass is 295 g/mol. The average Bonchev–Trinajstić information content (AvgIpc) is 2.85. The normalized spacial score (nSPS) is 16.9. The quantitative estimate of drug-likeness (QED) is 0.793. The molecule has 0 aromatic carbocycles. The Hall–Kier alpha value is -1.53. The van der Waals surface area contributed by atoms with Gasteiger partial charge in [-0.3, -0.25) is 0 Å². The number of fused-ring (bicyclic) bond motifs is 1. The summed E-state index contributed by atoms with van der Waals surface area (Å²) >= 11 is 6.05. The van der Waals surface area contributed by atoms with Gasteiger partial charge in [-0.15, -0.1) is 11.6 Å². The highest BCUT2D eigenvalue weighted by molar-refractivity contribution is 6.16. The van der Waals surface area contributed by atoms with E-state index in [1.165, 1.54) is 0 Å². The first kappa shape index (κ1) is 13.5. The SMILES string of the molecule is COc1ccc2nc(CCl)n(N3CCN(C)CC3)c2n1. The molecule has 0 N–H and O–H groups in total. The number of imidazole rings is 1. The van der Waals surface area contributed by atoms with E-state index in [-0.39, 0.29) is 0 Å². The Morgan fingerprint density at radius 2 is 1.95 bits per heavy atom. The lowest BCUT2D eigenvalue weighted by atomic mass is 10.4. The van der Waals surface area contributed by atoms with Crippen LogP contribution in [0.2, 0.25) is 0 Å². The van der Waals surface area contributed by atoms with Crippen molar-refractivity contribution >= 4 is 22.8 Å². The second-order valence-electron chi connectivity index (χ2n) is 4.93. The second-order valence-corrected chi connectivity index (χ2v) is 5.19. The first-order chi connectivity index (χ1) is 9.72. The smallest absolute Gasteiger partial charge is 0.215 e. The minimum atomic E-state index is 0.366. The molecule has 0 amide bonds. The summed E-state index contributed by atoms with van der Waals surface area (Å²) in [6.45, 7) is 3.91. The Morgan fingerprint density at radius 3 is 2.60 bits per heavy atom. The molecule has 0 radical (unpaired) electrons. The molecular weight excluding hydrogens is 278 g/mol. The maximum Gasteiger partial charge on any atom is 0.215 e. The maximum absolute atomic E-state index is 6.05. The number of rotatable bonds is 3. The number of ether oxygens (including phenoxy) is 1. The largest absolute Gasteiger partial charge is 0.481 e. The highest BCUT2D eigenvalue weighted by Gasteiger charge is 2.21. The summed E-state index contributed by atoms with van der Waals surface area (Å²) < 4.78 is 7.25. The van der Waals surface area contributed by atoms with Gasteiger partial charge < -0.3 is 14.6 Å². The molecule has 6 nitrogen and oxygen atoms in total. The summed E-state index contributed by atoms with van der Waals surface area (Å²) in [6, 6.07) is 3.74. The molecule has 7 heteroatoms. The molecular formula is C13H18ClN5O. The molecule has 0 saturated carbocycles. The van der Waals surface area contributed by atoms with Gasteiger partial charge in [0.05, 0.1) is 13.0 Å². The highest BCUT2D eigenvalue weighted by atomic mass is 35.5. The molecule has 0 aliphatic carbocycles. The van der Waals surface area contributed by atoms with Crippen LogP contribution in [0.5, 0.6) is 5.88 Å². The van der Waals surface area contributed by atoms with E-state index in [2.05, 4.69) is 26.9 Å². The Bertz CT molecular complexity index is 606. The van der Waals surface area contributed by atoms with Crippen LogP contribution in [0.15, 0.2) is 12.1 Å². The Kier molecular flexibility index (Phi) is 3.67. The van der Waals surface area contributed by atoms with Crippen LogP contribution in [-0.4, -0.2) is 59.9 Å². The number of nitrogens with zero attached hydrogens (tertiary/aromatic N) is 5. The van der Waals surface area contributed by atoms with Crippen molar-refractivity contribution in [2.75, 3.05) is 45.3 Å². The van der Waals surface area contributed by atoms with Gasteiger partial charge in [0.15, 0.2) is 5.65 Å². The number of alkyl halides is 1. The zero-order valence-corrected chi connectivity index (χ0v) is 12.5. The second kappa shape index (κ2) is 5.46. The van der Waals surface area contributed by atoms with Gasteiger partial charge in [-0.2, -0.15) is 4.98 Å². The molecule has 0 atom stereocenters. The molecule has 108 valence electrons.